The van der Waals surface area contributed by atoms with Crippen LogP contribution in [0.1, 0.15) is 13.3 Å². The number of rotatable bonds is 1. The van der Waals surface area contributed by atoms with Crippen molar-refractivity contribution in [2.24, 2.45) is 0 Å². The van der Waals surface area contributed by atoms with Gasteiger partial charge in [-0.05, 0) is 13.3 Å². The number of nitrogen functional groups attached to an aromatic ring is 1. The van der Waals surface area contributed by atoms with Crippen LogP contribution in [0, 0.1) is 0 Å². The molecule has 2 aromatic heterocycles. The largest absolute Gasteiger partial charge is 0.390 e. The molecule has 1 aliphatic heterocycles. The number of aliphatic hydroxyl groups is 1. The lowest BCUT2D eigenvalue weighted by Gasteiger charge is -2.03. The van der Waals surface area contributed by atoms with E-state index < -0.39 is 0 Å². The average Bonchev–Trinajstić information content (AvgIpc) is 2.99. The van der Waals surface area contributed by atoms with Gasteiger partial charge in [0.25, 0.3) is 0 Å². The number of imidazole rings is 1. The second kappa shape index (κ2) is 5.81. The molecule has 2 unspecified atom stereocenters. The third kappa shape index (κ3) is 3.09. The third-order valence-corrected chi connectivity index (χ3v) is 2.88. The maximum atomic E-state index is 8.87. The highest BCUT2D eigenvalue weighted by Crippen LogP contribution is 2.15. The van der Waals surface area contributed by atoms with Gasteiger partial charge in [0.05, 0.1) is 18.5 Å². The van der Waals surface area contributed by atoms with E-state index >= 15 is 0 Å². The number of fused-ring (bicyclic) bond motifs is 1. The van der Waals surface area contributed by atoms with Crippen molar-refractivity contribution >= 4 is 22.9 Å². The standard InChI is InChI=1S/C6H8N6.C5H10O2/c1-8-4-3-5(10-2-9-3)12-6(7)11-4;1-4-5(6)2-3-7-4/h2H,1H3,(H4,7,8,9,10,11,12);4-6H,2-3H2,1H3. The number of H-pyrrole nitrogens is 1. The average molecular weight is 266 g/mol. The molecule has 1 fully saturated rings. The summed E-state index contributed by atoms with van der Waals surface area (Å²) < 4.78 is 5.02. The van der Waals surface area contributed by atoms with E-state index in [0.29, 0.717) is 11.5 Å². The molecule has 0 aromatic carbocycles. The van der Waals surface area contributed by atoms with E-state index in [9.17, 15) is 0 Å². The summed E-state index contributed by atoms with van der Waals surface area (Å²) in [5.74, 6) is 0.883. The van der Waals surface area contributed by atoms with Crippen LogP contribution in [0.25, 0.3) is 11.2 Å². The maximum Gasteiger partial charge on any atom is 0.224 e. The van der Waals surface area contributed by atoms with E-state index in [0.717, 1.165) is 18.5 Å². The van der Waals surface area contributed by atoms with Crippen LogP contribution in [0.4, 0.5) is 11.8 Å². The highest BCUT2D eigenvalue weighted by atomic mass is 16.5. The summed E-state index contributed by atoms with van der Waals surface area (Å²) in [5, 5.41) is 11.8. The number of hydrogen-bond acceptors (Lipinski definition) is 7. The van der Waals surface area contributed by atoms with Gasteiger partial charge >= 0.3 is 0 Å². The van der Waals surface area contributed by atoms with E-state index in [4.69, 9.17) is 15.6 Å². The van der Waals surface area contributed by atoms with Gasteiger partial charge in [0, 0.05) is 13.7 Å². The second-order valence-corrected chi connectivity index (χ2v) is 4.21. The number of hydrogen-bond donors (Lipinski definition) is 4. The van der Waals surface area contributed by atoms with Crippen molar-refractivity contribution in [3.05, 3.63) is 6.33 Å². The first-order valence-electron chi connectivity index (χ1n) is 6.06. The number of aromatic nitrogens is 4. The predicted molar refractivity (Wildman–Crippen MR) is 71.7 cm³/mol. The smallest absolute Gasteiger partial charge is 0.224 e. The first-order valence-corrected chi connectivity index (χ1v) is 6.06. The van der Waals surface area contributed by atoms with E-state index in [1.165, 1.54) is 0 Å². The Bertz CT molecular complexity index is 535. The maximum absolute atomic E-state index is 8.87. The van der Waals surface area contributed by atoms with Crippen LogP contribution in [0.15, 0.2) is 6.33 Å². The first kappa shape index (κ1) is 13.5. The molecule has 0 spiro atoms. The molecular weight excluding hydrogens is 248 g/mol. The number of nitrogens with one attached hydrogen (secondary N) is 2. The van der Waals surface area contributed by atoms with Crippen LogP contribution in [-0.4, -0.2) is 50.9 Å². The van der Waals surface area contributed by atoms with E-state index in [-0.39, 0.29) is 18.2 Å². The molecule has 2 atom stereocenters. The van der Waals surface area contributed by atoms with Gasteiger partial charge in [-0.3, -0.25) is 0 Å². The van der Waals surface area contributed by atoms with Gasteiger partial charge in [-0.2, -0.15) is 9.97 Å². The van der Waals surface area contributed by atoms with Crippen molar-refractivity contribution in [1.29, 1.82) is 0 Å². The molecule has 1 aliphatic rings. The molecule has 0 radical (unpaired) electrons. The number of aromatic amines is 1. The van der Waals surface area contributed by atoms with E-state index in [1.807, 2.05) is 6.92 Å². The summed E-state index contributed by atoms with van der Waals surface area (Å²) in [4.78, 5) is 14.8. The highest BCUT2D eigenvalue weighted by Gasteiger charge is 2.20. The first-order chi connectivity index (χ1) is 9.11. The molecule has 19 heavy (non-hydrogen) atoms. The lowest BCUT2D eigenvalue weighted by molar-refractivity contribution is 0.0556. The summed E-state index contributed by atoms with van der Waals surface area (Å²) in [6.45, 7) is 2.61. The molecule has 3 rings (SSSR count). The highest BCUT2D eigenvalue weighted by molar-refractivity contribution is 5.83. The summed E-state index contributed by atoms with van der Waals surface area (Å²) in [5.41, 5.74) is 6.79. The van der Waals surface area contributed by atoms with Crippen molar-refractivity contribution in [2.75, 3.05) is 24.7 Å². The molecular formula is C11H18N6O2. The minimum absolute atomic E-state index is 0.0694. The Kier molecular flexibility index (Phi) is 4.13. The van der Waals surface area contributed by atoms with Crippen LogP contribution in [-0.2, 0) is 4.74 Å². The lowest BCUT2D eigenvalue weighted by Crippen LogP contribution is -2.15. The zero-order chi connectivity index (χ0) is 13.8. The molecule has 0 aliphatic carbocycles. The molecule has 0 bridgehead atoms. The van der Waals surface area contributed by atoms with E-state index in [1.54, 1.807) is 13.4 Å². The van der Waals surface area contributed by atoms with Crippen LogP contribution in [0.3, 0.4) is 0 Å². The Hall–Kier alpha value is -1.93. The van der Waals surface area contributed by atoms with Crippen molar-refractivity contribution in [3.63, 3.8) is 0 Å². The Morgan fingerprint density at radius 1 is 1.53 bits per heavy atom. The fraction of sp³-hybridized carbons (Fsp3) is 0.545. The molecule has 5 N–H and O–H groups in total. The number of ether oxygens (including phenoxy) is 1. The Balaban J connectivity index is 0.000000163. The molecule has 8 nitrogen and oxygen atoms in total. The minimum atomic E-state index is -0.208. The number of aliphatic hydroxyl groups excluding tert-OH is 1. The number of nitrogens with zero attached hydrogens (tertiary/aromatic N) is 3. The van der Waals surface area contributed by atoms with Crippen molar-refractivity contribution in [2.45, 2.75) is 25.6 Å². The normalized spacial score (nSPS) is 22.1. The van der Waals surface area contributed by atoms with Gasteiger partial charge in [0.2, 0.25) is 5.95 Å². The summed E-state index contributed by atoms with van der Waals surface area (Å²) in [6, 6.07) is 0. The minimum Gasteiger partial charge on any atom is -0.390 e. The van der Waals surface area contributed by atoms with Gasteiger partial charge in [-0.25, -0.2) is 4.98 Å². The van der Waals surface area contributed by atoms with Crippen molar-refractivity contribution in [1.82, 2.24) is 19.9 Å². The van der Waals surface area contributed by atoms with Gasteiger partial charge in [0.1, 0.15) is 5.52 Å². The topological polar surface area (TPSA) is 122 Å². The molecule has 0 saturated carbocycles. The summed E-state index contributed by atoms with van der Waals surface area (Å²) in [7, 11) is 1.77. The summed E-state index contributed by atoms with van der Waals surface area (Å²) in [6.07, 6.45) is 2.22. The SMILES string of the molecule is CC1OCCC1O.CNc1nc(N)nc2nc[nH]c12. The monoisotopic (exact) mass is 266 g/mol. The summed E-state index contributed by atoms with van der Waals surface area (Å²) >= 11 is 0. The Labute approximate surface area is 110 Å². The lowest BCUT2D eigenvalue weighted by atomic mass is 10.2. The van der Waals surface area contributed by atoms with Crippen LogP contribution in [0.2, 0.25) is 0 Å². The van der Waals surface area contributed by atoms with Crippen molar-refractivity contribution in [3.8, 4) is 0 Å². The third-order valence-electron chi connectivity index (χ3n) is 2.88. The zero-order valence-electron chi connectivity index (χ0n) is 10.9. The fourth-order valence-electron chi connectivity index (χ4n) is 1.75. The molecule has 104 valence electrons. The van der Waals surface area contributed by atoms with Crippen molar-refractivity contribution < 1.29 is 9.84 Å². The van der Waals surface area contributed by atoms with Crippen LogP contribution >= 0.6 is 0 Å². The van der Waals surface area contributed by atoms with E-state index in [2.05, 4.69) is 25.3 Å². The van der Waals surface area contributed by atoms with Gasteiger partial charge in [0.15, 0.2) is 11.5 Å². The number of nitrogens with two attached hydrogens (primary N) is 1. The van der Waals surface area contributed by atoms with Crippen LogP contribution < -0.4 is 11.1 Å². The molecule has 0 amide bonds. The molecule has 1 saturated heterocycles. The number of anilines is 2. The zero-order valence-corrected chi connectivity index (χ0v) is 10.9. The second-order valence-electron chi connectivity index (χ2n) is 4.21. The molecule has 8 heteroatoms. The van der Waals surface area contributed by atoms with Gasteiger partial charge < -0.3 is 25.9 Å². The molecule has 3 heterocycles. The van der Waals surface area contributed by atoms with Crippen LogP contribution in [0.5, 0.6) is 0 Å². The predicted octanol–water partition coefficient (Wildman–Crippen LogP) is 0.133. The fourth-order valence-corrected chi connectivity index (χ4v) is 1.75. The Morgan fingerprint density at radius 2 is 2.32 bits per heavy atom. The van der Waals surface area contributed by atoms with Gasteiger partial charge in [-0.15, -0.1) is 0 Å². The Morgan fingerprint density at radius 3 is 2.84 bits per heavy atom. The van der Waals surface area contributed by atoms with Gasteiger partial charge in [-0.1, -0.05) is 0 Å². The molecule has 2 aromatic rings. The quantitative estimate of drug-likeness (QED) is 0.578.